The summed E-state index contributed by atoms with van der Waals surface area (Å²) in [6, 6.07) is 1.87. The van der Waals surface area contributed by atoms with Gasteiger partial charge in [-0.05, 0) is 18.6 Å². The highest BCUT2D eigenvalue weighted by molar-refractivity contribution is 7.71. The number of H-pyrrole nitrogens is 1. The quantitative estimate of drug-likeness (QED) is 0.575. The van der Waals surface area contributed by atoms with Crippen molar-refractivity contribution in [3.8, 4) is 11.5 Å². The van der Waals surface area contributed by atoms with Crippen molar-refractivity contribution in [3.05, 3.63) is 40.3 Å². The van der Waals surface area contributed by atoms with E-state index in [4.69, 9.17) is 28.9 Å². The second kappa shape index (κ2) is 5.16. The largest absolute Gasteiger partial charge is 0.464 e. The Balaban J connectivity index is 2.51. The lowest BCUT2D eigenvalue weighted by Crippen LogP contribution is -2.11. The van der Waals surface area contributed by atoms with E-state index in [1.807, 2.05) is 17.6 Å². The molecule has 106 valence electrons. The third kappa shape index (κ3) is 1.96. The van der Waals surface area contributed by atoms with Gasteiger partial charge >= 0.3 is 0 Å². The zero-order valence-electron chi connectivity index (χ0n) is 11.4. The summed E-state index contributed by atoms with van der Waals surface area (Å²) in [6.07, 6.45) is 3.12. The van der Waals surface area contributed by atoms with Gasteiger partial charge in [-0.25, -0.2) is 9.83 Å². The Kier molecular flexibility index (Phi) is 3.33. The number of fused-ring (bicyclic) bond motifs is 1. The third-order valence-electron chi connectivity index (χ3n) is 3.37. The van der Waals surface area contributed by atoms with Crippen LogP contribution in [0.2, 0.25) is 0 Å². The minimum absolute atomic E-state index is 0.428. The first-order valence-electron chi connectivity index (χ1n) is 6.41. The van der Waals surface area contributed by atoms with Gasteiger partial charge in [-0.2, -0.15) is 0 Å². The van der Waals surface area contributed by atoms with Crippen LogP contribution in [-0.4, -0.2) is 21.1 Å². The molecule has 0 aliphatic carbocycles. The summed E-state index contributed by atoms with van der Waals surface area (Å²) in [7, 11) is 0. The molecule has 7 heteroatoms. The molecule has 0 aliphatic heterocycles. The molecule has 0 saturated carbocycles. The molecular formula is C14H13N5OS. The molecule has 0 saturated heterocycles. The molecule has 0 unspecified atom stereocenters. The van der Waals surface area contributed by atoms with Gasteiger partial charge in [0.25, 0.3) is 0 Å². The maximum absolute atomic E-state index is 7.52. The van der Waals surface area contributed by atoms with Crippen LogP contribution >= 0.6 is 12.2 Å². The number of aromatic nitrogens is 3. The second-order valence-electron chi connectivity index (χ2n) is 4.61. The van der Waals surface area contributed by atoms with Crippen molar-refractivity contribution in [2.75, 3.05) is 6.54 Å². The molecule has 0 aromatic carbocycles. The maximum atomic E-state index is 7.52. The highest BCUT2D eigenvalue weighted by Crippen LogP contribution is 2.40. The number of hydrogen-bond donors (Lipinski definition) is 2. The van der Waals surface area contributed by atoms with Gasteiger partial charge in [-0.3, -0.25) is 0 Å². The summed E-state index contributed by atoms with van der Waals surface area (Å²) >= 11 is 5.31. The van der Waals surface area contributed by atoms with E-state index in [0.717, 1.165) is 11.1 Å². The Morgan fingerprint density at radius 1 is 1.57 bits per heavy atom. The molecular weight excluding hydrogens is 286 g/mol. The Bertz CT molecular complexity index is 912. The zero-order valence-corrected chi connectivity index (χ0v) is 12.2. The van der Waals surface area contributed by atoms with Crippen LogP contribution in [0.1, 0.15) is 5.56 Å². The van der Waals surface area contributed by atoms with Crippen molar-refractivity contribution in [1.29, 1.82) is 0 Å². The Morgan fingerprint density at radius 2 is 2.38 bits per heavy atom. The van der Waals surface area contributed by atoms with E-state index in [-0.39, 0.29) is 0 Å². The van der Waals surface area contributed by atoms with E-state index in [0.29, 0.717) is 40.4 Å². The second-order valence-corrected chi connectivity index (χ2v) is 5.00. The highest BCUT2D eigenvalue weighted by atomic mass is 32.1. The first-order chi connectivity index (χ1) is 10.2. The molecule has 0 radical (unpaired) electrons. The van der Waals surface area contributed by atoms with Crippen molar-refractivity contribution < 1.29 is 4.42 Å². The predicted octanol–water partition coefficient (Wildman–Crippen LogP) is 3.17. The Morgan fingerprint density at radius 3 is 3.00 bits per heavy atom. The molecule has 0 atom stereocenters. The highest BCUT2D eigenvalue weighted by Gasteiger charge is 2.23. The lowest BCUT2D eigenvalue weighted by molar-refractivity contribution is 0.572. The lowest BCUT2D eigenvalue weighted by Gasteiger charge is -2.08. The smallest absolute Gasteiger partial charge is 0.238 e. The van der Waals surface area contributed by atoms with Crippen LogP contribution in [-0.2, 0) is 6.54 Å². The van der Waals surface area contributed by atoms with Crippen molar-refractivity contribution >= 4 is 28.9 Å². The van der Waals surface area contributed by atoms with E-state index in [9.17, 15) is 0 Å². The normalized spacial score (nSPS) is 10.9. The summed E-state index contributed by atoms with van der Waals surface area (Å²) in [5.74, 6) is 0.661. The summed E-state index contributed by atoms with van der Waals surface area (Å²) in [4.78, 5) is 10.8. The third-order valence-corrected chi connectivity index (χ3v) is 3.67. The first-order valence-corrected chi connectivity index (χ1v) is 6.81. The molecule has 21 heavy (non-hydrogen) atoms. The SMILES string of the molecule is [C-]#[N+]c1c(-c2occc2C)n(CCN)c2c(=S)nc[nH]c12. The van der Waals surface area contributed by atoms with Gasteiger partial charge in [0.2, 0.25) is 5.69 Å². The molecule has 0 aliphatic rings. The van der Waals surface area contributed by atoms with Crippen LogP contribution in [0.25, 0.3) is 27.3 Å². The lowest BCUT2D eigenvalue weighted by atomic mass is 10.2. The van der Waals surface area contributed by atoms with Crippen molar-refractivity contribution in [2.45, 2.75) is 13.5 Å². The number of aromatic amines is 1. The summed E-state index contributed by atoms with van der Waals surface area (Å²) in [6.45, 7) is 10.4. The van der Waals surface area contributed by atoms with Gasteiger partial charge in [0, 0.05) is 13.1 Å². The van der Waals surface area contributed by atoms with E-state index in [1.54, 1.807) is 6.26 Å². The summed E-state index contributed by atoms with van der Waals surface area (Å²) < 4.78 is 7.94. The molecule has 0 bridgehead atoms. The molecule has 0 fully saturated rings. The minimum Gasteiger partial charge on any atom is -0.464 e. The topological polar surface area (TPSA) is 77.1 Å². The van der Waals surface area contributed by atoms with E-state index in [2.05, 4.69) is 14.8 Å². The average Bonchev–Trinajstić information content (AvgIpc) is 3.01. The average molecular weight is 299 g/mol. The first kappa shape index (κ1) is 13.5. The van der Waals surface area contributed by atoms with Crippen LogP contribution in [0, 0.1) is 18.1 Å². The number of nitrogens with zero attached hydrogens (tertiary/aromatic N) is 3. The van der Waals surface area contributed by atoms with E-state index >= 15 is 0 Å². The number of furan rings is 1. The van der Waals surface area contributed by atoms with Crippen LogP contribution in [0.15, 0.2) is 23.1 Å². The summed E-state index contributed by atoms with van der Waals surface area (Å²) in [5, 5.41) is 0. The number of nitrogens with two attached hydrogens (primary N) is 1. The molecule has 3 rings (SSSR count). The van der Waals surface area contributed by atoms with Crippen LogP contribution in [0.4, 0.5) is 5.69 Å². The van der Waals surface area contributed by atoms with Crippen molar-refractivity contribution in [1.82, 2.24) is 14.5 Å². The fourth-order valence-corrected chi connectivity index (χ4v) is 2.75. The molecule has 0 spiro atoms. The van der Waals surface area contributed by atoms with Crippen LogP contribution in [0.5, 0.6) is 0 Å². The van der Waals surface area contributed by atoms with Gasteiger partial charge < -0.3 is 19.7 Å². The van der Waals surface area contributed by atoms with E-state index in [1.165, 1.54) is 6.33 Å². The van der Waals surface area contributed by atoms with Gasteiger partial charge in [-0.15, -0.1) is 0 Å². The van der Waals surface area contributed by atoms with Gasteiger partial charge in [0.15, 0.2) is 4.64 Å². The molecule has 3 aromatic heterocycles. The molecule has 3 aromatic rings. The summed E-state index contributed by atoms with van der Waals surface area (Å²) in [5.41, 5.74) is 9.24. The monoisotopic (exact) mass is 299 g/mol. The van der Waals surface area contributed by atoms with Crippen molar-refractivity contribution in [2.24, 2.45) is 5.73 Å². The molecule has 3 heterocycles. The van der Waals surface area contributed by atoms with Crippen LogP contribution < -0.4 is 5.73 Å². The van der Waals surface area contributed by atoms with Gasteiger partial charge in [0.1, 0.15) is 5.76 Å². The maximum Gasteiger partial charge on any atom is 0.238 e. The number of rotatable bonds is 3. The fraction of sp³-hybridized carbons (Fsp3) is 0.214. The Labute approximate surface area is 126 Å². The zero-order chi connectivity index (χ0) is 15.0. The number of aryl methyl sites for hydroxylation is 1. The van der Waals surface area contributed by atoms with Gasteiger partial charge in [-0.1, -0.05) is 12.2 Å². The minimum atomic E-state index is 0.428. The fourth-order valence-electron chi connectivity index (χ4n) is 2.49. The van der Waals surface area contributed by atoms with E-state index < -0.39 is 0 Å². The number of hydrogen-bond acceptors (Lipinski definition) is 4. The predicted molar refractivity (Wildman–Crippen MR) is 82.7 cm³/mol. The number of nitrogens with one attached hydrogen (secondary N) is 1. The van der Waals surface area contributed by atoms with Crippen LogP contribution in [0.3, 0.4) is 0 Å². The van der Waals surface area contributed by atoms with Crippen molar-refractivity contribution in [3.63, 3.8) is 0 Å². The Hall–Kier alpha value is -2.43. The molecule has 6 nitrogen and oxygen atoms in total. The molecule has 3 N–H and O–H groups in total. The standard InChI is InChI=1S/C14H13N5OS/c1-8-3-6-20-13(8)11-9(16-2)10-12(19(11)5-4-15)14(21)18-7-17-10/h3,6-7H,4-5,15H2,1H3,(H,17,18,21). The molecule has 0 amide bonds. The van der Waals surface area contributed by atoms with Gasteiger partial charge in [0.05, 0.1) is 35.9 Å².